The number of hydrogen-bond donors (Lipinski definition) is 2. The Labute approximate surface area is 162 Å². The maximum absolute atomic E-state index is 11.9. The first kappa shape index (κ1) is 18.9. The van der Waals surface area contributed by atoms with Crippen molar-refractivity contribution in [1.82, 2.24) is 25.7 Å². The van der Waals surface area contributed by atoms with Crippen LogP contribution in [0.3, 0.4) is 0 Å². The van der Waals surface area contributed by atoms with E-state index in [9.17, 15) is 4.79 Å². The number of nitrogens with zero attached hydrogens (tertiary/aromatic N) is 4. The largest absolute Gasteiger partial charge is 0.336 e. The van der Waals surface area contributed by atoms with Crippen molar-refractivity contribution in [2.75, 3.05) is 44.7 Å². The van der Waals surface area contributed by atoms with Gasteiger partial charge in [-0.25, -0.2) is 4.79 Å². The van der Waals surface area contributed by atoms with Crippen LogP contribution in [0.4, 0.5) is 10.5 Å². The molecule has 2 aliphatic rings. The van der Waals surface area contributed by atoms with E-state index in [0.29, 0.717) is 35.4 Å². The molecule has 1 aromatic carbocycles. The van der Waals surface area contributed by atoms with Crippen molar-refractivity contribution < 1.29 is 9.32 Å². The molecule has 4 rings (SSSR count). The number of amides is 2. The Balaban J connectivity index is 0.00000196. The summed E-state index contributed by atoms with van der Waals surface area (Å²) in [6.45, 7) is 3.89. The topological polar surface area (TPSA) is 86.5 Å². The number of benzene rings is 1. The fourth-order valence-electron chi connectivity index (χ4n) is 3.14. The number of hydrogen-bond acceptors (Lipinski definition) is 6. The molecule has 0 spiro atoms. The van der Waals surface area contributed by atoms with Crippen LogP contribution in [0.5, 0.6) is 0 Å². The standard InChI is InChI=1S/C16H19ClN6O2.ClH/c1-22-6-4-18-9-13(22)14-20-15(25-21-14)11-8-10(2-3-12(11)17)23-7-5-19-16(23)24;/h2-3,8,13,18H,4-7,9H2,1H3,(H,19,24);1H. The van der Waals surface area contributed by atoms with Gasteiger partial charge < -0.3 is 15.2 Å². The number of rotatable bonds is 3. The molecule has 2 aromatic rings. The van der Waals surface area contributed by atoms with Crippen molar-refractivity contribution in [2.45, 2.75) is 6.04 Å². The summed E-state index contributed by atoms with van der Waals surface area (Å²) in [5, 5.41) is 10.8. The molecule has 1 atom stereocenters. The Bertz CT molecular complexity index is 799. The fraction of sp³-hybridized carbons (Fsp3) is 0.438. The van der Waals surface area contributed by atoms with E-state index in [1.165, 1.54) is 0 Å². The number of urea groups is 1. The molecule has 0 bridgehead atoms. The number of carbonyl (C=O) groups is 1. The molecule has 2 saturated heterocycles. The first-order chi connectivity index (χ1) is 12.1. The molecule has 2 N–H and O–H groups in total. The van der Waals surface area contributed by atoms with Crippen molar-refractivity contribution in [3.8, 4) is 11.5 Å². The summed E-state index contributed by atoms with van der Waals surface area (Å²) in [5.41, 5.74) is 1.38. The highest BCUT2D eigenvalue weighted by Crippen LogP contribution is 2.32. The summed E-state index contributed by atoms with van der Waals surface area (Å²) < 4.78 is 5.46. The average Bonchev–Trinajstić information content (AvgIpc) is 3.25. The second-order valence-electron chi connectivity index (χ2n) is 6.21. The predicted molar refractivity (Wildman–Crippen MR) is 101 cm³/mol. The molecular formula is C16H20Cl2N6O2. The van der Waals surface area contributed by atoms with E-state index in [1.54, 1.807) is 11.0 Å². The highest BCUT2D eigenvalue weighted by Gasteiger charge is 2.27. The lowest BCUT2D eigenvalue weighted by atomic mass is 10.1. The van der Waals surface area contributed by atoms with Crippen molar-refractivity contribution in [2.24, 2.45) is 0 Å². The molecule has 0 radical (unpaired) electrons. The van der Waals surface area contributed by atoms with Crippen LogP contribution in [0.15, 0.2) is 22.7 Å². The number of aromatic nitrogens is 2. The quantitative estimate of drug-likeness (QED) is 0.820. The van der Waals surface area contributed by atoms with E-state index in [1.807, 2.05) is 19.2 Å². The second-order valence-corrected chi connectivity index (χ2v) is 6.61. The number of piperazine rings is 1. The van der Waals surface area contributed by atoms with Gasteiger partial charge in [0, 0.05) is 38.4 Å². The van der Waals surface area contributed by atoms with Crippen molar-refractivity contribution >= 4 is 35.7 Å². The summed E-state index contributed by atoms with van der Waals surface area (Å²) >= 11 is 6.33. The Morgan fingerprint density at radius 1 is 1.31 bits per heavy atom. The summed E-state index contributed by atoms with van der Waals surface area (Å²) in [6.07, 6.45) is 0. The zero-order valence-electron chi connectivity index (χ0n) is 14.2. The Hall–Kier alpha value is -1.87. The van der Waals surface area contributed by atoms with Crippen LogP contribution >= 0.6 is 24.0 Å². The van der Waals surface area contributed by atoms with E-state index in [-0.39, 0.29) is 24.5 Å². The summed E-state index contributed by atoms with van der Waals surface area (Å²) in [7, 11) is 2.04. The molecule has 3 heterocycles. The van der Waals surface area contributed by atoms with Gasteiger partial charge in [0.2, 0.25) is 0 Å². The number of nitrogens with one attached hydrogen (secondary N) is 2. The van der Waals surface area contributed by atoms with Crippen LogP contribution in [0.1, 0.15) is 11.9 Å². The van der Waals surface area contributed by atoms with Crippen LogP contribution in [-0.2, 0) is 0 Å². The zero-order chi connectivity index (χ0) is 17.4. The molecule has 10 heteroatoms. The SMILES string of the molecule is CN1CCNCC1c1noc(-c2cc(N3CCNC3=O)ccc2Cl)n1.Cl. The number of halogens is 2. The van der Waals surface area contributed by atoms with E-state index < -0.39 is 0 Å². The molecule has 1 aromatic heterocycles. The van der Waals surface area contributed by atoms with Gasteiger partial charge in [0.25, 0.3) is 5.89 Å². The normalized spacial score (nSPS) is 20.8. The van der Waals surface area contributed by atoms with Gasteiger partial charge in [0.15, 0.2) is 5.82 Å². The minimum atomic E-state index is -0.116. The lowest BCUT2D eigenvalue weighted by Crippen LogP contribution is -2.44. The van der Waals surface area contributed by atoms with Crippen LogP contribution in [0.25, 0.3) is 11.5 Å². The molecule has 2 aliphatic heterocycles. The molecule has 2 fully saturated rings. The summed E-state index contributed by atoms with van der Waals surface area (Å²) in [6, 6.07) is 5.32. The lowest BCUT2D eigenvalue weighted by Gasteiger charge is -2.30. The lowest BCUT2D eigenvalue weighted by molar-refractivity contribution is 0.190. The molecule has 0 saturated carbocycles. The van der Waals surface area contributed by atoms with Gasteiger partial charge in [0.1, 0.15) is 0 Å². The Kier molecular flexibility index (Phi) is 5.67. The van der Waals surface area contributed by atoms with Gasteiger partial charge in [0.05, 0.1) is 16.6 Å². The first-order valence-electron chi connectivity index (χ1n) is 8.23. The Morgan fingerprint density at radius 2 is 2.15 bits per heavy atom. The van der Waals surface area contributed by atoms with Crippen LogP contribution < -0.4 is 15.5 Å². The Morgan fingerprint density at radius 3 is 2.88 bits per heavy atom. The average molecular weight is 399 g/mol. The van der Waals surface area contributed by atoms with Gasteiger partial charge in [-0.05, 0) is 25.2 Å². The van der Waals surface area contributed by atoms with Gasteiger partial charge in [-0.15, -0.1) is 12.4 Å². The monoisotopic (exact) mass is 398 g/mol. The minimum absolute atomic E-state index is 0. The molecule has 0 aliphatic carbocycles. The maximum Gasteiger partial charge on any atom is 0.321 e. The van der Waals surface area contributed by atoms with E-state index in [2.05, 4.69) is 25.7 Å². The molecule has 8 nitrogen and oxygen atoms in total. The number of carbonyl (C=O) groups excluding carboxylic acids is 1. The summed E-state index contributed by atoms with van der Waals surface area (Å²) in [5.74, 6) is 0.991. The van der Waals surface area contributed by atoms with Crippen LogP contribution in [-0.4, -0.2) is 60.8 Å². The zero-order valence-corrected chi connectivity index (χ0v) is 15.8. The van der Waals surface area contributed by atoms with Crippen LogP contribution in [0.2, 0.25) is 5.02 Å². The van der Waals surface area contributed by atoms with Crippen LogP contribution in [0, 0.1) is 0 Å². The van der Waals surface area contributed by atoms with Crippen molar-refractivity contribution in [1.29, 1.82) is 0 Å². The van der Waals surface area contributed by atoms with Gasteiger partial charge in [-0.1, -0.05) is 16.8 Å². The number of likely N-dealkylation sites (N-methyl/N-ethyl adjacent to an activating group) is 1. The van der Waals surface area contributed by atoms with Gasteiger partial charge in [-0.2, -0.15) is 4.98 Å². The summed E-state index contributed by atoms with van der Waals surface area (Å²) in [4.78, 5) is 20.3. The molecular weight excluding hydrogens is 379 g/mol. The molecule has 26 heavy (non-hydrogen) atoms. The third-order valence-corrected chi connectivity index (χ3v) is 4.93. The minimum Gasteiger partial charge on any atom is -0.336 e. The third-order valence-electron chi connectivity index (χ3n) is 4.60. The van der Waals surface area contributed by atoms with E-state index in [0.717, 1.165) is 25.3 Å². The number of anilines is 1. The van der Waals surface area contributed by atoms with E-state index >= 15 is 0 Å². The van der Waals surface area contributed by atoms with Crippen molar-refractivity contribution in [3.63, 3.8) is 0 Å². The first-order valence-corrected chi connectivity index (χ1v) is 8.61. The van der Waals surface area contributed by atoms with E-state index in [4.69, 9.17) is 16.1 Å². The predicted octanol–water partition coefficient (Wildman–Crippen LogP) is 1.92. The fourth-order valence-corrected chi connectivity index (χ4v) is 3.34. The molecule has 2 amide bonds. The smallest absolute Gasteiger partial charge is 0.321 e. The van der Waals surface area contributed by atoms with Crippen molar-refractivity contribution in [3.05, 3.63) is 29.0 Å². The maximum atomic E-state index is 11.9. The highest BCUT2D eigenvalue weighted by molar-refractivity contribution is 6.33. The molecule has 140 valence electrons. The van der Waals surface area contributed by atoms with Gasteiger partial charge >= 0.3 is 6.03 Å². The van der Waals surface area contributed by atoms with Gasteiger partial charge in [-0.3, -0.25) is 9.80 Å². The highest BCUT2D eigenvalue weighted by atomic mass is 35.5. The molecule has 1 unspecified atom stereocenters. The third kappa shape index (κ3) is 3.50. The second kappa shape index (κ2) is 7.79.